The van der Waals surface area contributed by atoms with E-state index in [1.165, 1.54) is 0 Å². The van der Waals surface area contributed by atoms with E-state index in [2.05, 4.69) is 16.0 Å². The van der Waals surface area contributed by atoms with Gasteiger partial charge >= 0.3 is 0 Å². The molecular formula is C29H23N5O2. The van der Waals surface area contributed by atoms with Gasteiger partial charge in [0.15, 0.2) is 5.82 Å². The zero-order valence-corrected chi connectivity index (χ0v) is 19.9. The monoisotopic (exact) mass is 473 g/mol. The zero-order chi connectivity index (χ0) is 25.1. The number of H-pyrrole nitrogens is 1. The van der Waals surface area contributed by atoms with Gasteiger partial charge in [-0.25, -0.2) is 9.67 Å². The van der Waals surface area contributed by atoms with Crippen LogP contribution in [0.2, 0.25) is 0 Å². The first kappa shape index (κ1) is 22.8. The van der Waals surface area contributed by atoms with Gasteiger partial charge in [-0.05, 0) is 68.0 Å². The summed E-state index contributed by atoms with van der Waals surface area (Å²) >= 11 is 0. The molecular weight excluding hydrogens is 450 g/mol. The number of aryl methyl sites for hydroxylation is 1. The van der Waals surface area contributed by atoms with E-state index in [0.29, 0.717) is 23.2 Å². The number of nitriles is 1. The number of hydrogen-bond donors (Lipinski definition) is 1. The second-order valence-electron chi connectivity index (χ2n) is 8.23. The van der Waals surface area contributed by atoms with E-state index in [1.807, 2.05) is 74.6 Å². The van der Waals surface area contributed by atoms with E-state index >= 15 is 0 Å². The topological polar surface area (TPSA) is 96.6 Å². The van der Waals surface area contributed by atoms with E-state index in [-0.39, 0.29) is 17.0 Å². The quantitative estimate of drug-likeness (QED) is 0.326. The molecule has 0 fully saturated rings. The van der Waals surface area contributed by atoms with Gasteiger partial charge in [0.1, 0.15) is 17.5 Å². The van der Waals surface area contributed by atoms with Crippen LogP contribution in [0.15, 0.2) is 83.8 Å². The number of allylic oxidation sites excluding steroid dienone is 1. The minimum absolute atomic E-state index is 0.211. The fourth-order valence-corrected chi connectivity index (χ4v) is 4.07. The molecule has 2 heterocycles. The van der Waals surface area contributed by atoms with Crippen molar-refractivity contribution in [3.8, 4) is 28.8 Å². The molecule has 176 valence electrons. The first-order valence-electron chi connectivity index (χ1n) is 11.6. The largest absolute Gasteiger partial charge is 0.494 e. The Morgan fingerprint density at radius 2 is 1.89 bits per heavy atom. The van der Waals surface area contributed by atoms with Crippen LogP contribution in [0.5, 0.6) is 5.75 Å². The van der Waals surface area contributed by atoms with Crippen molar-refractivity contribution in [1.29, 1.82) is 5.26 Å². The van der Waals surface area contributed by atoms with Gasteiger partial charge in [0, 0.05) is 17.3 Å². The van der Waals surface area contributed by atoms with E-state index in [1.54, 1.807) is 29.0 Å². The fraction of sp³-hybridized carbons (Fsp3) is 0.103. The molecule has 36 heavy (non-hydrogen) atoms. The maximum Gasteiger partial charge on any atom is 0.259 e. The highest BCUT2D eigenvalue weighted by Crippen LogP contribution is 2.30. The molecule has 1 N–H and O–H groups in total. The zero-order valence-electron chi connectivity index (χ0n) is 19.9. The summed E-state index contributed by atoms with van der Waals surface area (Å²) in [6.45, 7) is 4.52. The van der Waals surface area contributed by atoms with Gasteiger partial charge in [0.05, 0.1) is 28.8 Å². The Bertz CT molecular complexity index is 1690. The third-order valence-corrected chi connectivity index (χ3v) is 5.80. The molecule has 3 aromatic carbocycles. The lowest BCUT2D eigenvalue weighted by molar-refractivity contribution is 0.338. The summed E-state index contributed by atoms with van der Waals surface area (Å²) < 4.78 is 7.47. The Hall–Kier alpha value is -4.96. The Balaban J connectivity index is 1.67. The van der Waals surface area contributed by atoms with Crippen LogP contribution in [0.25, 0.3) is 39.5 Å². The van der Waals surface area contributed by atoms with Crippen LogP contribution >= 0.6 is 0 Å². The van der Waals surface area contributed by atoms with E-state index in [9.17, 15) is 10.1 Å². The predicted molar refractivity (Wildman–Crippen MR) is 141 cm³/mol. The Morgan fingerprint density at radius 1 is 1.11 bits per heavy atom. The average molecular weight is 474 g/mol. The normalized spacial score (nSPS) is 11.4. The van der Waals surface area contributed by atoms with Gasteiger partial charge in [0.2, 0.25) is 0 Å². The number of fused-ring (bicyclic) bond motifs is 1. The molecule has 0 aliphatic carbocycles. The Labute approximate surface area is 207 Å². The second-order valence-corrected chi connectivity index (χ2v) is 8.23. The number of aromatic amines is 1. The summed E-state index contributed by atoms with van der Waals surface area (Å²) in [7, 11) is 0. The number of rotatable bonds is 6. The number of nitrogens with one attached hydrogen (secondary N) is 1. The second kappa shape index (κ2) is 9.72. The van der Waals surface area contributed by atoms with Crippen molar-refractivity contribution in [3.63, 3.8) is 0 Å². The molecule has 5 rings (SSSR count). The van der Waals surface area contributed by atoms with Crippen LogP contribution in [0.1, 0.15) is 23.9 Å². The molecule has 0 unspecified atom stereocenters. The summed E-state index contributed by atoms with van der Waals surface area (Å²) in [4.78, 5) is 19.9. The van der Waals surface area contributed by atoms with Crippen LogP contribution in [0.4, 0.5) is 0 Å². The van der Waals surface area contributed by atoms with Crippen molar-refractivity contribution in [2.45, 2.75) is 13.8 Å². The van der Waals surface area contributed by atoms with Gasteiger partial charge in [-0.1, -0.05) is 30.3 Å². The SMILES string of the molecule is CCOc1ccc(-c2nn(-c3ccccc3)cc2/C=C(\C#N)c2nc3ccccc3c(=O)[nH]2)cc1C. The highest BCUT2D eigenvalue weighted by Gasteiger charge is 2.15. The van der Waals surface area contributed by atoms with Crippen molar-refractivity contribution >= 4 is 22.6 Å². The third kappa shape index (κ3) is 4.40. The number of benzene rings is 3. The summed E-state index contributed by atoms with van der Waals surface area (Å²) in [5.41, 5.74) is 4.63. The number of aromatic nitrogens is 4. The summed E-state index contributed by atoms with van der Waals surface area (Å²) in [5, 5.41) is 15.3. The molecule has 0 saturated carbocycles. The molecule has 0 radical (unpaired) electrons. The molecule has 0 aliphatic rings. The van der Waals surface area contributed by atoms with E-state index < -0.39 is 0 Å². The molecule has 2 aromatic heterocycles. The average Bonchev–Trinajstić information content (AvgIpc) is 3.33. The van der Waals surface area contributed by atoms with E-state index in [4.69, 9.17) is 9.84 Å². The van der Waals surface area contributed by atoms with Crippen molar-refractivity contribution in [2.24, 2.45) is 0 Å². The standard InChI is InChI=1S/C29H23N5O2/c1-3-36-26-14-13-20(15-19(26)2)27-22(18-34(33-27)23-9-5-4-6-10-23)16-21(17-30)28-31-25-12-8-7-11-24(25)29(35)32-28/h4-16,18H,3H2,1-2H3,(H,31,32,35)/b21-16+. The summed E-state index contributed by atoms with van der Waals surface area (Å²) in [6.07, 6.45) is 3.58. The highest BCUT2D eigenvalue weighted by molar-refractivity contribution is 5.91. The summed E-state index contributed by atoms with van der Waals surface area (Å²) in [6, 6.07) is 24.9. The molecule has 7 nitrogen and oxygen atoms in total. The molecule has 0 spiro atoms. The lowest BCUT2D eigenvalue weighted by Crippen LogP contribution is -2.11. The number of ether oxygens (including phenoxy) is 1. The maximum atomic E-state index is 12.6. The Kier molecular flexibility index (Phi) is 6.16. The maximum absolute atomic E-state index is 12.6. The lowest BCUT2D eigenvalue weighted by atomic mass is 10.0. The van der Waals surface area contributed by atoms with E-state index in [0.717, 1.165) is 28.1 Å². The summed E-state index contributed by atoms with van der Waals surface area (Å²) in [5.74, 6) is 1.03. The molecule has 0 saturated heterocycles. The third-order valence-electron chi connectivity index (χ3n) is 5.80. The molecule has 5 aromatic rings. The first-order valence-corrected chi connectivity index (χ1v) is 11.6. The Morgan fingerprint density at radius 3 is 2.64 bits per heavy atom. The van der Waals surface area contributed by atoms with Crippen LogP contribution in [-0.2, 0) is 0 Å². The van der Waals surface area contributed by atoms with Crippen molar-refractivity contribution in [2.75, 3.05) is 6.61 Å². The van der Waals surface area contributed by atoms with Gasteiger partial charge in [-0.3, -0.25) is 4.79 Å². The molecule has 0 atom stereocenters. The van der Waals surface area contributed by atoms with Crippen LogP contribution in [-0.4, -0.2) is 26.4 Å². The molecule has 0 amide bonds. The minimum atomic E-state index is -0.293. The van der Waals surface area contributed by atoms with Gasteiger partial charge in [-0.15, -0.1) is 0 Å². The van der Waals surface area contributed by atoms with Gasteiger partial charge in [0.25, 0.3) is 5.56 Å². The van der Waals surface area contributed by atoms with Crippen LogP contribution < -0.4 is 10.3 Å². The minimum Gasteiger partial charge on any atom is -0.494 e. The first-order chi connectivity index (χ1) is 17.6. The fourth-order valence-electron chi connectivity index (χ4n) is 4.07. The van der Waals surface area contributed by atoms with Crippen molar-refractivity contribution < 1.29 is 4.74 Å². The van der Waals surface area contributed by atoms with Crippen molar-refractivity contribution in [1.82, 2.24) is 19.7 Å². The number of hydrogen-bond acceptors (Lipinski definition) is 5. The number of nitrogens with zero attached hydrogens (tertiary/aromatic N) is 4. The molecule has 0 aliphatic heterocycles. The molecule has 7 heteroatoms. The predicted octanol–water partition coefficient (Wildman–Crippen LogP) is 5.55. The highest BCUT2D eigenvalue weighted by atomic mass is 16.5. The number of para-hydroxylation sites is 2. The van der Waals surface area contributed by atoms with Crippen LogP contribution in [0, 0.1) is 18.3 Å². The van der Waals surface area contributed by atoms with Gasteiger partial charge in [-0.2, -0.15) is 10.4 Å². The van der Waals surface area contributed by atoms with Gasteiger partial charge < -0.3 is 9.72 Å². The molecule has 0 bridgehead atoms. The van der Waals surface area contributed by atoms with Crippen molar-refractivity contribution in [3.05, 3.63) is 106 Å². The van der Waals surface area contributed by atoms with Crippen LogP contribution in [0.3, 0.4) is 0 Å². The smallest absolute Gasteiger partial charge is 0.259 e. The lowest BCUT2D eigenvalue weighted by Gasteiger charge is -2.08.